The minimum Gasteiger partial charge on any atom is -0.389 e. The van der Waals surface area contributed by atoms with Crippen molar-refractivity contribution in [2.75, 3.05) is 32.0 Å². The second-order valence-electron chi connectivity index (χ2n) is 9.24. The zero-order valence-corrected chi connectivity index (χ0v) is 19.5. The smallest absolute Gasteiger partial charge is 0.199 e. The molecule has 0 saturated carbocycles. The quantitative estimate of drug-likeness (QED) is 0.646. The molecule has 0 radical (unpaired) electrons. The molecule has 3 N–H and O–H groups in total. The fraction of sp³-hybridized carbons (Fsp3) is 0.375. The Morgan fingerprint density at radius 1 is 1.24 bits per heavy atom. The lowest BCUT2D eigenvalue weighted by Gasteiger charge is -2.31. The van der Waals surface area contributed by atoms with Gasteiger partial charge in [0.15, 0.2) is 11.8 Å². The number of likely N-dealkylation sites (tertiary alicyclic amines) is 1. The van der Waals surface area contributed by atoms with Crippen LogP contribution < -0.4 is 11.1 Å². The van der Waals surface area contributed by atoms with Crippen molar-refractivity contribution in [1.82, 2.24) is 15.2 Å². The zero-order valence-electron chi connectivity index (χ0n) is 18.7. The molecule has 2 aromatic rings. The van der Waals surface area contributed by atoms with Crippen molar-refractivity contribution in [3.63, 3.8) is 0 Å². The summed E-state index contributed by atoms with van der Waals surface area (Å²) >= 11 is 0.967. The second kappa shape index (κ2) is 7.61. The highest BCUT2D eigenvalue weighted by Gasteiger charge is 2.41. The SMILES string of the molecule is CC1CN(C2=NC3C(=CN2)C2=C(COC2)C(c2ncc(F)c4sc(N)c(C#N)c24)=C3F)CC1C. The van der Waals surface area contributed by atoms with Gasteiger partial charge in [-0.05, 0) is 23.0 Å². The maximum Gasteiger partial charge on any atom is 0.199 e. The molecule has 0 spiro atoms. The third-order valence-corrected chi connectivity index (χ3v) is 8.25. The van der Waals surface area contributed by atoms with Crippen molar-refractivity contribution >= 4 is 38.0 Å². The highest BCUT2D eigenvalue weighted by molar-refractivity contribution is 7.23. The van der Waals surface area contributed by atoms with E-state index in [0.29, 0.717) is 30.0 Å². The number of aromatic nitrogens is 1. The molecule has 1 saturated heterocycles. The predicted octanol–water partition coefficient (Wildman–Crippen LogP) is 3.71. The Morgan fingerprint density at radius 2 is 1.97 bits per heavy atom. The van der Waals surface area contributed by atoms with E-state index in [1.807, 2.05) is 12.3 Å². The van der Waals surface area contributed by atoms with Gasteiger partial charge in [-0.3, -0.25) is 4.98 Å². The predicted molar refractivity (Wildman–Crippen MR) is 127 cm³/mol. The van der Waals surface area contributed by atoms with E-state index in [0.717, 1.165) is 41.8 Å². The Labute approximate surface area is 198 Å². The van der Waals surface area contributed by atoms with Crippen LogP contribution in [-0.4, -0.2) is 48.2 Å². The fourth-order valence-corrected chi connectivity index (χ4v) is 6.13. The van der Waals surface area contributed by atoms with Crippen LogP contribution in [0.4, 0.5) is 13.8 Å². The normalized spacial score (nSPS) is 26.3. The van der Waals surface area contributed by atoms with Crippen LogP contribution in [0.5, 0.6) is 0 Å². The van der Waals surface area contributed by atoms with E-state index < -0.39 is 17.7 Å². The van der Waals surface area contributed by atoms with Gasteiger partial charge in [0.05, 0.1) is 35.4 Å². The average molecular weight is 481 g/mol. The van der Waals surface area contributed by atoms with E-state index in [1.54, 1.807) is 0 Å². The first-order valence-electron chi connectivity index (χ1n) is 11.2. The van der Waals surface area contributed by atoms with Crippen molar-refractivity contribution in [2.45, 2.75) is 19.9 Å². The monoisotopic (exact) mass is 480 g/mol. The number of pyridine rings is 1. The van der Waals surface area contributed by atoms with Crippen molar-refractivity contribution in [3.8, 4) is 6.07 Å². The molecule has 34 heavy (non-hydrogen) atoms. The van der Waals surface area contributed by atoms with Crippen molar-refractivity contribution in [1.29, 1.82) is 5.26 Å². The largest absolute Gasteiger partial charge is 0.389 e. The van der Waals surface area contributed by atoms with Crippen LogP contribution in [0.15, 0.2) is 39.9 Å². The molecule has 3 unspecified atom stereocenters. The lowest BCUT2D eigenvalue weighted by molar-refractivity contribution is 0.207. The highest BCUT2D eigenvalue weighted by atomic mass is 32.1. The number of aliphatic imine (C=N–C) groups is 1. The van der Waals surface area contributed by atoms with Gasteiger partial charge in [0.2, 0.25) is 0 Å². The molecule has 6 rings (SSSR count). The van der Waals surface area contributed by atoms with Crippen LogP contribution in [0.3, 0.4) is 0 Å². The van der Waals surface area contributed by atoms with Gasteiger partial charge in [-0.1, -0.05) is 13.8 Å². The molecule has 5 heterocycles. The van der Waals surface area contributed by atoms with Crippen molar-refractivity contribution in [2.24, 2.45) is 16.8 Å². The minimum atomic E-state index is -0.860. The average Bonchev–Trinajstić information content (AvgIpc) is 3.52. The van der Waals surface area contributed by atoms with E-state index in [2.05, 4.69) is 29.0 Å². The van der Waals surface area contributed by atoms with E-state index in [-0.39, 0.29) is 38.5 Å². The Hall–Kier alpha value is -3.29. The molecule has 1 fully saturated rings. The number of fused-ring (bicyclic) bond motifs is 3. The maximum absolute atomic E-state index is 16.3. The summed E-state index contributed by atoms with van der Waals surface area (Å²) in [5.41, 5.74) is 8.76. The van der Waals surface area contributed by atoms with Gasteiger partial charge in [-0.25, -0.2) is 13.8 Å². The number of ether oxygens (including phenoxy) is 1. The van der Waals surface area contributed by atoms with Gasteiger partial charge in [-0.15, -0.1) is 11.3 Å². The standard InChI is InChI=1S/C24H22F2N6OS/c1-10-6-32(7-11(10)2)24-30-4-13-14-8-33-9-15(14)17(19(26)20(13)31-24)21-18-12(3-27)23(28)34-22(18)16(25)5-29-21/h4-5,10-11,20H,6-9,28H2,1-2H3,(H,30,31). The Morgan fingerprint density at radius 3 is 2.71 bits per heavy atom. The van der Waals surface area contributed by atoms with Crippen LogP contribution in [0, 0.1) is 29.0 Å². The fourth-order valence-electron chi connectivity index (χ4n) is 5.21. The van der Waals surface area contributed by atoms with E-state index >= 15 is 4.39 Å². The maximum atomic E-state index is 16.3. The van der Waals surface area contributed by atoms with Crippen LogP contribution in [-0.2, 0) is 4.74 Å². The van der Waals surface area contributed by atoms with E-state index in [1.165, 1.54) is 0 Å². The summed E-state index contributed by atoms with van der Waals surface area (Å²) in [7, 11) is 0. The molecular weight excluding hydrogens is 458 g/mol. The molecule has 3 atom stereocenters. The number of thiophene rings is 1. The molecule has 0 bridgehead atoms. The zero-order chi connectivity index (χ0) is 23.7. The summed E-state index contributed by atoms with van der Waals surface area (Å²) in [5, 5.41) is 13.4. The first kappa shape index (κ1) is 21.3. The molecule has 2 aromatic heterocycles. The van der Waals surface area contributed by atoms with Crippen LogP contribution in [0.1, 0.15) is 25.1 Å². The van der Waals surface area contributed by atoms with Crippen LogP contribution in [0.2, 0.25) is 0 Å². The second-order valence-corrected chi connectivity index (χ2v) is 10.3. The van der Waals surface area contributed by atoms with Gasteiger partial charge in [0.25, 0.3) is 0 Å². The lowest BCUT2D eigenvalue weighted by Crippen LogP contribution is -2.42. The number of hydrogen-bond donors (Lipinski definition) is 2. The van der Waals surface area contributed by atoms with Gasteiger partial charge >= 0.3 is 0 Å². The lowest BCUT2D eigenvalue weighted by atomic mass is 9.82. The van der Waals surface area contributed by atoms with Gasteiger partial charge in [-0.2, -0.15) is 5.26 Å². The molecule has 174 valence electrons. The molecule has 1 aliphatic carbocycles. The number of nitrogen functional groups attached to an aromatic ring is 1. The molecule has 0 amide bonds. The van der Waals surface area contributed by atoms with E-state index in [4.69, 9.17) is 15.5 Å². The first-order chi connectivity index (χ1) is 16.4. The van der Waals surface area contributed by atoms with Gasteiger partial charge in [0, 0.05) is 35.8 Å². The highest BCUT2D eigenvalue weighted by Crippen LogP contribution is 2.48. The summed E-state index contributed by atoms with van der Waals surface area (Å²) < 4.78 is 36.8. The summed E-state index contributed by atoms with van der Waals surface area (Å²) in [6.45, 7) is 6.61. The summed E-state index contributed by atoms with van der Waals surface area (Å²) in [6.07, 6.45) is 2.87. The molecule has 10 heteroatoms. The Bertz CT molecular complexity index is 1400. The summed E-state index contributed by atoms with van der Waals surface area (Å²) in [6, 6.07) is 1.18. The van der Waals surface area contributed by atoms with Crippen LogP contribution in [0.25, 0.3) is 15.7 Å². The third kappa shape index (κ3) is 2.93. The molecule has 0 aromatic carbocycles. The number of nitrogens with two attached hydrogens (primary N) is 1. The van der Waals surface area contributed by atoms with Gasteiger partial charge < -0.3 is 20.7 Å². The number of nitriles is 1. The number of hydrogen-bond acceptors (Lipinski definition) is 8. The van der Waals surface area contributed by atoms with Crippen molar-refractivity contribution in [3.05, 3.63) is 52.0 Å². The third-order valence-electron chi connectivity index (χ3n) is 7.22. The summed E-state index contributed by atoms with van der Waals surface area (Å²) in [4.78, 5) is 11.2. The minimum absolute atomic E-state index is 0.110. The Kier molecular flexibility index (Phi) is 4.76. The number of rotatable bonds is 1. The first-order valence-corrected chi connectivity index (χ1v) is 12.0. The number of guanidine groups is 1. The molecule has 3 aliphatic heterocycles. The molecular formula is C24H22F2N6OS. The Balaban J connectivity index is 1.54. The molecule has 4 aliphatic rings. The number of anilines is 1. The van der Waals surface area contributed by atoms with Crippen LogP contribution >= 0.6 is 11.3 Å². The number of halogens is 2. The van der Waals surface area contributed by atoms with Gasteiger partial charge in [0.1, 0.15) is 22.9 Å². The topological polar surface area (TPSA) is 99.6 Å². The number of nitrogens with one attached hydrogen (secondary N) is 1. The summed E-state index contributed by atoms with van der Waals surface area (Å²) in [5.74, 6) is 0.589. The molecule has 7 nitrogen and oxygen atoms in total. The number of nitrogens with zero attached hydrogens (tertiary/aromatic N) is 4. The van der Waals surface area contributed by atoms with E-state index in [9.17, 15) is 9.65 Å². The van der Waals surface area contributed by atoms with Crippen molar-refractivity contribution < 1.29 is 13.5 Å².